The Bertz CT molecular complexity index is 320. The second-order valence-electron chi connectivity index (χ2n) is 3.40. The molecule has 5 heteroatoms. The third-order valence-electron chi connectivity index (χ3n) is 2.21. The molecule has 0 bridgehead atoms. The van der Waals surface area contributed by atoms with Crippen molar-refractivity contribution in [1.29, 1.82) is 0 Å². The van der Waals surface area contributed by atoms with Gasteiger partial charge in [-0.25, -0.2) is 14.4 Å². The number of halogens is 1. The Balaban J connectivity index is 2.47. The highest BCUT2D eigenvalue weighted by Gasteiger charge is 2.07. The molecule has 0 fully saturated rings. The van der Waals surface area contributed by atoms with E-state index in [9.17, 15) is 9.50 Å². The zero-order valence-electron chi connectivity index (χ0n) is 9.00. The average Bonchev–Trinajstić information content (AvgIpc) is 2.24. The van der Waals surface area contributed by atoms with Crippen molar-refractivity contribution in [3.63, 3.8) is 0 Å². The Morgan fingerprint density at radius 3 is 2.93 bits per heavy atom. The van der Waals surface area contributed by atoms with Crippen LogP contribution in [0.5, 0.6) is 0 Å². The Kier molecular flexibility index (Phi) is 4.42. The summed E-state index contributed by atoms with van der Waals surface area (Å²) in [7, 11) is 0. The fourth-order valence-corrected chi connectivity index (χ4v) is 1.14. The second kappa shape index (κ2) is 5.60. The first kappa shape index (κ1) is 11.8. The van der Waals surface area contributed by atoms with E-state index in [1.165, 1.54) is 6.33 Å². The third kappa shape index (κ3) is 3.43. The van der Waals surface area contributed by atoms with E-state index < -0.39 is 5.82 Å². The third-order valence-corrected chi connectivity index (χ3v) is 2.21. The zero-order valence-corrected chi connectivity index (χ0v) is 9.00. The molecular formula is C10H16FN3O. The number of aryl methyl sites for hydroxylation is 1. The molecule has 0 saturated carbocycles. The van der Waals surface area contributed by atoms with Crippen LogP contribution in [-0.4, -0.2) is 27.7 Å². The summed E-state index contributed by atoms with van der Waals surface area (Å²) in [4.78, 5) is 7.51. The predicted molar refractivity (Wildman–Crippen MR) is 56.1 cm³/mol. The van der Waals surface area contributed by atoms with Gasteiger partial charge in [-0.1, -0.05) is 6.92 Å². The van der Waals surface area contributed by atoms with Gasteiger partial charge in [0, 0.05) is 6.54 Å². The minimum Gasteiger partial charge on any atom is -0.393 e. The van der Waals surface area contributed by atoms with Crippen molar-refractivity contribution in [1.82, 2.24) is 9.97 Å². The lowest BCUT2D eigenvalue weighted by Crippen LogP contribution is -2.14. The smallest absolute Gasteiger partial charge is 0.186 e. The molecule has 0 aromatic carbocycles. The second-order valence-corrected chi connectivity index (χ2v) is 3.40. The van der Waals surface area contributed by atoms with Crippen molar-refractivity contribution < 1.29 is 9.50 Å². The van der Waals surface area contributed by atoms with Gasteiger partial charge in [0.2, 0.25) is 0 Å². The average molecular weight is 213 g/mol. The fraction of sp³-hybridized carbons (Fsp3) is 0.600. The van der Waals surface area contributed by atoms with Gasteiger partial charge in [0.05, 0.1) is 11.8 Å². The molecule has 1 heterocycles. The molecule has 1 atom stereocenters. The molecule has 1 unspecified atom stereocenters. The van der Waals surface area contributed by atoms with E-state index in [1.54, 1.807) is 6.92 Å². The lowest BCUT2D eigenvalue weighted by atomic mass is 10.2. The number of anilines is 1. The van der Waals surface area contributed by atoms with Crippen molar-refractivity contribution in [2.24, 2.45) is 0 Å². The summed E-state index contributed by atoms with van der Waals surface area (Å²) in [6, 6.07) is 0. The standard InChI is InChI=1S/C10H16FN3O/c1-3-8(15)4-5-12-10-9(11)7(2)13-6-14-10/h6,8,15H,3-5H2,1-2H3,(H,12,13,14). The van der Waals surface area contributed by atoms with Gasteiger partial charge in [0.15, 0.2) is 11.6 Å². The lowest BCUT2D eigenvalue weighted by Gasteiger charge is -2.09. The molecule has 1 aromatic heterocycles. The molecule has 0 saturated heterocycles. The Morgan fingerprint density at radius 2 is 2.27 bits per heavy atom. The number of nitrogens with zero attached hydrogens (tertiary/aromatic N) is 2. The summed E-state index contributed by atoms with van der Waals surface area (Å²) in [5.74, 6) is -0.228. The minimum atomic E-state index is -0.427. The molecule has 2 N–H and O–H groups in total. The van der Waals surface area contributed by atoms with Crippen LogP contribution in [0.3, 0.4) is 0 Å². The molecule has 1 rings (SSSR count). The number of aliphatic hydroxyl groups is 1. The van der Waals surface area contributed by atoms with Crippen LogP contribution in [0.1, 0.15) is 25.5 Å². The van der Waals surface area contributed by atoms with Gasteiger partial charge in [0.25, 0.3) is 0 Å². The van der Waals surface area contributed by atoms with Crippen molar-refractivity contribution >= 4 is 5.82 Å². The molecular weight excluding hydrogens is 197 g/mol. The van der Waals surface area contributed by atoms with Crippen LogP contribution in [0.15, 0.2) is 6.33 Å². The van der Waals surface area contributed by atoms with Crippen LogP contribution >= 0.6 is 0 Å². The predicted octanol–water partition coefficient (Wildman–Crippen LogP) is 1.50. The number of hydrogen-bond acceptors (Lipinski definition) is 4. The number of nitrogens with one attached hydrogen (secondary N) is 1. The molecule has 0 radical (unpaired) electrons. The van der Waals surface area contributed by atoms with Crippen molar-refractivity contribution in [3.8, 4) is 0 Å². The zero-order chi connectivity index (χ0) is 11.3. The largest absolute Gasteiger partial charge is 0.393 e. The maximum Gasteiger partial charge on any atom is 0.186 e. The maximum atomic E-state index is 13.4. The Morgan fingerprint density at radius 1 is 1.53 bits per heavy atom. The van der Waals surface area contributed by atoms with Gasteiger partial charge in [-0.05, 0) is 19.8 Å². The van der Waals surface area contributed by atoms with E-state index in [0.717, 1.165) is 0 Å². The number of aliphatic hydroxyl groups excluding tert-OH is 1. The van der Waals surface area contributed by atoms with E-state index in [0.29, 0.717) is 25.1 Å². The van der Waals surface area contributed by atoms with Crippen LogP contribution in [0.25, 0.3) is 0 Å². The first-order valence-corrected chi connectivity index (χ1v) is 5.04. The summed E-state index contributed by atoms with van der Waals surface area (Å²) >= 11 is 0. The van der Waals surface area contributed by atoms with Gasteiger partial charge in [-0.3, -0.25) is 0 Å². The van der Waals surface area contributed by atoms with E-state index in [4.69, 9.17) is 0 Å². The normalized spacial score (nSPS) is 12.5. The SMILES string of the molecule is CCC(O)CCNc1ncnc(C)c1F. The van der Waals surface area contributed by atoms with Crippen molar-refractivity contribution in [2.75, 3.05) is 11.9 Å². The summed E-state index contributed by atoms with van der Waals surface area (Å²) in [5.41, 5.74) is 0.323. The topological polar surface area (TPSA) is 58.0 Å². The van der Waals surface area contributed by atoms with Crippen LogP contribution in [0.4, 0.5) is 10.2 Å². The van der Waals surface area contributed by atoms with E-state index in [1.807, 2.05) is 6.92 Å². The quantitative estimate of drug-likeness (QED) is 0.778. The highest BCUT2D eigenvalue weighted by molar-refractivity contribution is 5.36. The van der Waals surface area contributed by atoms with E-state index >= 15 is 0 Å². The van der Waals surface area contributed by atoms with E-state index in [-0.39, 0.29) is 11.9 Å². The van der Waals surface area contributed by atoms with Crippen molar-refractivity contribution in [2.45, 2.75) is 32.8 Å². The molecule has 0 spiro atoms. The van der Waals surface area contributed by atoms with Crippen LogP contribution in [0, 0.1) is 12.7 Å². The summed E-state index contributed by atoms with van der Waals surface area (Å²) in [6.07, 6.45) is 2.26. The molecule has 0 aliphatic carbocycles. The molecule has 4 nitrogen and oxygen atoms in total. The molecule has 0 amide bonds. The molecule has 15 heavy (non-hydrogen) atoms. The minimum absolute atomic E-state index is 0.200. The van der Waals surface area contributed by atoms with Gasteiger partial charge < -0.3 is 10.4 Å². The van der Waals surface area contributed by atoms with Crippen LogP contribution in [0.2, 0.25) is 0 Å². The van der Waals surface area contributed by atoms with Gasteiger partial charge >= 0.3 is 0 Å². The monoisotopic (exact) mass is 213 g/mol. The lowest BCUT2D eigenvalue weighted by molar-refractivity contribution is 0.164. The number of rotatable bonds is 5. The van der Waals surface area contributed by atoms with Crippen LogP contribution < -0.4 is 5.32 Å². The van der Waals surface area contributed by atoms with Gasteiger partial charge in [-0.15, -0.1) is 0 Å². The highest BCUT2D eigenvalue weighted by atomic mass is 19.1. The first-order valence-electron chi connectivity index (χ1n) is 5.04. The molecule has 1 aromatic rings. The van der Waals surface area contributed by atoms with Crippen molar-refractivity contribution in [3.05, 3.63) is 17.8 Å². The summed E-state index contributed by atoms with van der Waals surface area (Å²) in [5, 5.41) is 12.1. The van der Waals surface area contributed by atoms with Gasteiger partial charge in [0.1, 0.15) is 6.33 Å². The fourth-order valence-electron chi connectivity index (χ4n) is 1.14. The summed E-state index contributed by atoms with van der Waals surface area (Å²) in [6.45, 7) is 3.99. The Hall–Kier alpha value is -1.23. The first-order chi connectivity index (χ1) is 7.15. The molecule has 0 aliphatic heterocycles. The maximum absolute atomic E-state index is 13.4. The highest BCUT2D eigenvalue weighted by Crippen LogP contribution is 2.11. The summed E-state index contributed by atoms with van der Waals surface area (Å²) < 4.78 is 13.4. The Labute approximate surface area is 88.6 Å². The molecule has 0 aliphatic rings. The molecule has 84 valence electrons. The number of aromatic nitrogens is 2. The number of hydrogen-bond donors (Lipinski definition) is 2. The van der Waals surface area contributed by atoms with Gasteiger partial charge in [-0.2, -0.15) is 0 Å². The van der Waals surface area contributed by atoms with E-state index in [2.05, 4.69) is 15.3 Å². The van der Waals surface area contributed by atoms with Crippen LogP contribution in [-0.2, 0) is 0 Å².